The molecular weight excluding hydrogens is 308 g/mol. The van der Waals surface area contributed by atoms with Gasteiger partial charge in [-0.1, -0.05) is 67.6 Å². The molecule has 0 spiro atoms. The van der Waals surface area contributed by atoms with Crippen molar-refractivity contribution >= 4 is 5.97 Å². The van der Waals surface area contributed by atoms with Crippen molar-refractivity contribution in [2.45, 2.75) is 71.5 Å². The molecule has 0 aromatic rings. The number of hydrogen-bond acceptors (Lipinski definition) is 2. The molecule has 0 aliphatic rings. The number of esters is 1. The van der Waals surface area contributed by atoms with Crippen LogP contribution in [0.3, 0.4) is 0 Å². The minimum Gasteiger partial charge on any atom is -0.466 e. The molecule has 25 heavy (non-hydrogen) atoms. The zero-order valence-electron chi connectivity index (χ0n) is 20.5. The Hall–Kier alpha value is -1.83. The smallest absolute Gasteiger partial charge is 0.305 e. The number of ether oxygens (including phenoxy) is 1. The fourth-order valence-electron chi connectivity index (χ4n) is 2.00. The van der Waals surface area contributed by atoms with E-state index in [0.717, 1.165) is 44.6 Å². The average molecular weight is 350 g/mol. The van der Waals surface area contributed by atoms with Crippen LogP contribution in [0, 0.1) is 0 Å². The highest BCUT2D eigenvalue weighted by molar-refractivity contribution is 5.69. The summed E-state index contributed by atoms with van der Waals surface area (Å²) in [6, 6.07) is 0. The van der Waals surface area contributed by atoms with E-state index in [1.54, 1.807) is 6.08 Å². The first-order chi connectivity index (χ1) is 14.2. The van der Waals surface area contributed by atoms with E-state index in [0.29, 0.717) is 19.4 Å². The summed E-state index contributed by atoms with van der Waals surface area (Å²) >= 11 is 0. The monoisotopic (exact) mass is 349 g/mol. The van der Waals surface area contributed by atoms with E-state index in [9.17, 15) is 4.79 Å². The van der Waals surface area contributed by atoms with Crippen molar-refractivity contribution < 1.29 is 16.4 Å². The summed E-state index contributed by atoms with van der Waals surface area (Å²) in [5.41, 5.74) is 0. The zero-order valence-corrected chi connectivity index (χ0v) is 15.5. The summed E-state index contributed by atoms with van der Waals surface area (Å²) in [7, 11) is 0. The summed E-state index contributed by atoms with van der Waals surface area (Å²) in [5.74, 6) is -0.111. The molecule has 0 atom stereocenters. The van der Waals surface area contributed by atoms with Crippen LogP contribution in [0.5, 0.6) is 0 Å². The van der Waals surface area contributed by atoms with Crippen molar-refractivity contribution in [2.24, 2.45) is 0 Å². The van der Waals surface area contributed by atoms with Crippen LogP contribution >= 0.6 is 0 Å². The van der Waals surface area contributed by atoms with Crippen molar-refractivity contribution in [2.75, 3.05) is 6.61 Å². The molecule has 0 aliphatic heterocycles. The summed E-state index contributed by atoms with van der Waals surface area (Å²) in [6.07, 6.45) is 23.3. The Bertz CT molecular complexity index is 599. The highest BCUT2D eigenvalue weighted by atomic mass is 16.5. The van der Waals surface area contributed by atoms with E-state index < -0.39 is 13.2 Å². The van der Waals surface area contributed by atoms with Crippen LogP contribution in [0.1, 0.15) is 78.4 Å². The summed E-state index contributed by atoms with van der Waals surface area (Å²) in [5, 5.41) is 0. The number of unbranched alkanes of at least 4 members (excludes halogenated alkanes) is 2. The molecule has 0 unspecified atom stereocenters. The van der Waals surface area contributed by atoms with Crippen LogP contribution < -0.4 is 0 Å². The van der Waals surface area contributed by atoms with Gasteiger partial charge < -0.3 is 4.74 Å². The van der Waals surface area contributed by atoms with Gasteiger partial charge in [0, 0.05) is 13.3 Å². The predicted molar refractivity (Wildman–Crippen MR) is 110 cm³/mol. The summed E-state index contributed by atoms with van der Waals surface area (Å²) in [4.78, 5) is 11.2. The SMILES string of the molecule is [2H]C([2H])([2H])C([2H])([2H])/C=C\C/C=C\C/C=C\C/C=C\C/C=C\CCCCC(=O)OCC. The lowest BCUT2D eigenvalue weighted by molar-refractivity contribution is -0.143. The lowest BCUT2D eigenvalue weighted by Crippen LogP contribution is -2.02. The van der Waals surface area contributed by atoms with Crippen LogP contribution in [-0.4, -0.2) is 12.6 Å². The van der Waals surface area contributed by atoms with Crippen LogP contribution in [0.2, 0.25) is 0 Å². The van der Waals surface area contributed by atoms with Gasteiger partial charge in [-0.25, -0.2) is 0 Å². The molecule has 0 N–H and O–H groups in total. The highest BCUT2D eigenvalue weighted by Gasteiger charge is 1.99. The van der Waals surface area contributed by atoms with Crippen LogP contribution in [0.4, 0.5) is 0 Å². The second-order valence-electron chi connectivity index (χ2n) is 5.43. The van der Waals surface area contributed by atoms with Gasteiger partial charge in [0.2, 0.25) is 0 Å². The van der Waals surface area contributed by atoms with Crippen molar-refractivity contribution in [3.8, 4) is 0 Å². The van der Waals surface area contributed by atoms with Crippen molar-refractivity contribution in [1.82, 2.24) is 0 Å². The maximum absolute atomic E-state index is 11.2. The first-order valence-corrected chi connectivity index (χ1v) is 9.14. The molecule has 2 nitrogen and oxygen atoms in total. The first kappa shape index (κ1) is 15.4. The summed E-state index contributed by atoms with van der Waals surface area (Å²) < 4.78 is 41.1. The van der Waals surface area contributed by atoms with Crippen molar-refractivity contribution in [3.05, 3.63) is 60.8 Å². The van der Waals surface area contributed by atoms with E-state index in [2.05, 4.69) is 36.5 Å². The lowest BCUT2D eigenvalue weighted by Gasteiger charge is -1.99. The number of allylic oxidation sites excluding steroid dienone is 10. The van der Waals surface area contributed by atoms with Crippen LogP contribution in [0.15, 0.2) is 60.8 Å². The molecule has 0 aromatic carbocycles. The Balaban J connectivity index is 3.71. The second-order valence-corrected chi connectivity index (χ2v) is 5.43. The Morgan fingerprint density at radius 1 is 0.840 bits per heavy atom. The second kappa shape index (κ2) is 20.2. The van der Waals surface area contributed by atoms with Gasteiger partial charge in [0.05, 0.1) is 6.61 Å². The van der Waals surface area contributed by atoms with Gasteiger partial charge in [-0.15, -0.1) is 0 Å². The minimum atomic E-state index is -2.63. The van der Waals surface area contributed by atoms with Gasteiger partial charge in [0.15, 0.2) is 0 Å². The van der Waals surface area contributed by atoms with E-state index in [4.69, 9.17) is 11.6 Å². The van der Waals surface area contributed by atoms with Gasteiger partial charge in [0.25, 0.3) is 0 Å². The number of hydrogen-bond donors (Lipinski definition) is 0. The Labute approximate surface area is 162 Å². The fourth-order valence-corrected chi connectivity index (χ4v) is 2.00. The molecule has 0 rings (SSSR count). The lowest BCUT2D eigenvalue weighted by atomic mass is 10.2. The van der Waals surface area contributed by atoms with Crippen molar-refractivity contribution in [3.63, 3.8) is 0 Å². The molecular formula is C23H36O2. The molecule has 0 aliphatic carbocycles. The van der Waals surface area contributed by atoms with Gasteiger partial charge in [0.1, 0.15) is 0 Å². The molecule has 0 bridgehead atoms. The highest BCUT2D eigenvalue weighted by Crippen LogP contribution is 2.03. The van der Waals surface area contributed by atoms with Crippen LogP contribution in [0.25, 0.3) is 0 Å². The number of carbonyl (C=O) groups excluding carboxylic acids is 1. The molecule has 2 heteroatoms. The molecule has 0 fully saturated rings. The number of rotatable bonds is 15. The molecule has 0 radical (unpaired) electrons. The van der Waals surface area contributed by atoms with E-state index in [1.165, 1.54) is 0 Å². The maximum Gasteiger partial charge on any atom is 0.305 e. The predicted octanol–water partition coefficient (Wildman–Crippen LogP) is 6.86. The van der Waals surface area contributed by atoms with Crippen molar-refractivity contribution in [1.29, 1.82) is 0 Å². The third-order valence-corrected chi connectivity index (χ3v) is 3.26. The standard InChI is InChI=1S/C23H36O2/c1-3-5-6-7-8-9-10-11-12-13-14-15-16-17-18-19-20-21-22-23(24)25-4-2/h5-6,8-9,11-12,14-15,17-18H,3-4,7,10,13,16,19-22H2,1-2H3/b6-5-,9-8-,12-11-,15-14-,18-17-/i1D3,3D2. The van der Waals surface area contributed by atoms with E-state index in [-0.39, 0.29) is 5.97 Å². The third kappa shape index (κ3) is 20.1. The van der Waals surface area contributed by atoms with E-state index in [1.807, 2.05) is 19.1 Å². The Morgan fingerprint density at radius 3 is 1.88 bits per heavy atom. The minimum absolute atomic E-state index is 0.111. The van der Waals surface area contributed by atoms with Crippen LogP contribution in [-0.2, 0) is 9.53 Å². The van der Waals surface area contributed by atoms with Gasteiger partial charge >= 0.3 is 5.97 Å². The number of carbonyl (C=O) groups is 1. The van der Waals surface area contributed by atoms with Gasteiger partial charge in [-0.05, 0) is 58.2 Å². The maximum atomic E-state index is 11.2. The normalized spacial score (nSPS) is 16.6. The molecule has 0 aromatic heterocycles. The summed E-state index contributed by atoms with van der Waals surface area (Å²) in [6.45, 7) is -0.365. The molecule has 0 heterocycles. The Morgan fingerprint density at radius 2 is 1.36 bits per heavy atom. The zero-order chi connectivity index (χ0) is 22.7. The first-order valence-electron chi connectivity index (χ1n) is 11.6. The largest absolute Gasteiger partial charge is 0.466 e. The molecule has 0 saturated heterocycles. The van der Waals surface area contributed by atoms with Gasteiger partial charge in [-0.2, -0.15) is 0 Å². The quantitative estimate of drug-likeness (QED) is 0.183. The topological polar surface area (TPSA) is 26.3 Å². The fraction of sp³-hybridized carbons (Fsp3) is 0.522. The Kier molecular flexibility index (Phi) is 12.5. The molecule has 0 saturated carbocycles. The van der Waals surface area contributed by atoms with Gasteiger partial charge in [-0.3, -0.25) is 4.79 Å². The molecule has 0 amide bonds. The third-order valence-electron chi connectivity index (χ3n) is 3.26. The van der Waals surface area contributed by atoms with E-state index >= 15 is 0 Å². The average Bonchev–Trinajstić information content (AvgIpc) is 2.66. The molecule has 140 valence electrons.